The van der Waals surface area contributed by atoms with E-state index >= 15 is 0 Å². The lowest BCUT2D eigenvalue weighted by molar-refractivity contribution is -0.146. The van der Waals surface area contributed by atoms with Crippen LogP contribution in [0.4, 0.5) is 5.69 Å². The van der Waals surface area contributed by atoms with Crippen molar-refractivity contribution >= 4 is 23.5 Å². The van der Waals surface area contributed by atoms with Crippen LogP contribution in [0.1, 0.15) is 36.0 Å². The van der Waals surface area contributed by atoms with Crippen LogP contribution in [-0.4, -0.2) is 49.9 Å². The van der Waals surface area contributed by atoms with Crippen molar-refractivity contribution in [2.24, 2.45) is 11.8 Å². The van der Waals surface area contributed by atoms with Gasteiger partial charge in [0.05, 0.1) is 24.3 Å². The number of nitrogens with zero attached hydrogens (tertiary/aromatic N) is 2. The van der Waals surface area contributed by atoms with E-state index in [1.165, 1.54) is 7.11 Å². The molecule has 134 valence electrons. The highest BCUT2D eigenvalue weighted by Gasteiger charge is 2.33. The molecule has 2 amide bonds. The molecule has 0 aromatic heterocycles. The second-order valence-corrected chi connectivity index (χ2v) is 6.90. The number of anilines is 1. The molecule has 1 aromatic carbocycles. The standard InChI is InChI=1S/C19H24N2O4/c1-20-16-6-4-3-5-15(16)18(23)21(12-17(20)22)11-13-7-9-14(10-8-13)19(24)25-2/h3-6,13-14H,7-12H2,1-2H3. The van der Waals surface area contributed by atoms with E-state index < -0.39 is 0 Å². The second-order valence-electron chi connectivity index (χ2n) is 6.90. The molecule has 6 heteroatoms. The Morgan fingerprint density at radius 1 is 1.16 bits per heavy atom. The van der Waals surface area contributed by atoms with Crippen LogP contribution >= 0.6 is 0 Å². The van der Waals surface area contributed by atoms with E-state index in [2.05, 4.69) is 0 Å². The van der Waals surface area contributed by atoms with E-state index in [0.29, 0.717) is 23.7 Å². The molecule has 6 nitrogen and oxygen atoms in total. The number of likely N-dealkylation sites (N-methyl/N-ethyl adjacent to an activating group) is 1. The molecule has 3 rings (SSSR count). The van der Waals surface area contributed by atoms with Gasteiger partial charge in [-0.05, 0) is 43.7 Å². The van der Waals surface area contributed by atoms with Crippen molar-refractivity contribution in [2.75, 3.05) is 32.1 Å². The maximum Gasteiger partial charge on any atom is 0.308 e. The van der Waals surface area contributed by atoms with Gasteiger partial charge in [0, 0.05) is 13.6 Å². The molecule has 25 heavy (non-hydrogen) atoms. The van der Waals surface area contributed by atoms with Gasteiger partial charge in [0.25, 0.3) is 5.91 Å². The summed E-state index contributed by atoms with van der Waals surface area (Å²) in [6.07, 6.45) is 3.30. The van der Waals surface area contributed by atoms with Crippen LogP contribution in [0.2, 0.25) is 0 Å². The number of hydrogen-bond donors (Lipinski definition) is 0. The first-order valence-corrected chi connectivity index (χ1v) is 8.74. The van der Waals surface area contributed by atoms with Gasteiger partial charge in [-0.3, -0.25) is 14.4 Å². The van der Waals surface area contributed by atoms with Gasteiger partial charge in [0.2, 0.25) is 5.91 Å². The van der Waals surface area contributed by atoms with Gasteiger partial charge >= 0.3 is 5.97 Å². The van der Waals surface area contributed by atoms with Crippen molar-refractivity contribution in [2.45, 2.75) is 25.7 Å². The van der Waals surface area contributed by atoms with Crippen molar-refractivity contribution in [1.82, 2.24) is 4.90 Å². The largest absolute Gasteiger partial charge is 0.469 e. The minimum atomic E-state index is -0.143. The normalized spacial score (nSPS) is 23.9. The molecule has 0 saturated heterocycles. The molecule has 1 aromatic rings. The first-order valence-electron chi connectivity index (χ1n) is 8.74. The van der Waals surface area contributed by atoms with Crippen molar-refractivity contribution in [3.63, 3.8) is 0 Å². The van der Waals surface area contributed by atoms with Gasteiger partial charge in [-0.15, -0.1) is 0 Å². The van der Waals surface area contributed by atoms with Gasteiger partial charge < -0.3 is 14.5 Å². The number of benzene rings is 1. The minimum absolute atomic E-state index is 0.0328. The molecule has 0 atom stereocenters. The van der Waals surface area contributed by atoms with Crippen LogP contribution in [-0.2, 0) is 14.3 Å². The lowest BCUT2D eigenvalue weighted by atomic mass is 9.81. The molecule has 2 aliphatic rings. The zero-order valence-corrected chi connectivity index (χ0v) is 14.7. The first-order chi connectivity index (χ1) is 12.0. The Hall–Kier alpha value is -2.37. The maximum absolute atomic E-state index is 12.9. The van der Waals surface area contributed by atoms with Gasteiger partial charge in [0.1, 0.15) is 6.54 Å². The molecular weight excluding hydrogens is 320 g/mol. The summed E-state index contributed by atoms with van der Waals surface area (Å²) in [6, 6.07) is 7.23. The van der Waals surface area contributed by atoms with E-state index in [4.69, 9.17) is 4.74 Å². The zero-order chi connectivity index (χ0) is 18.0. The Labute approximate surface area is 147 Å². The number of carbonyl (C=O) groups is 3. The molecule has 1 aliphatic heterocycles. The zero-order valence-electron chi connectivity index (χ0n) is 14.7. The summed E-state index contributed by atoms with van der Waals surface area (Å²) in [7, 11) is 3.13. The molecule has 0 unspecified atom stereocenters. The number of ether oxygens (including phenoxy) is 1. The van der Waals surface area contributed by atoms with E-state index in [-0.39, 0.29) is 30.2 Å². The number of methoxy groups -OCH3 is 1. The van der Waals surface area contributed by atoms with Gasteiger partial charge in [-0.25, -0.2) is 0 Å². The van der Waals surface area contributed by atoms with Crippen molar-refractivity contribution < 1.29 is 19.1 Å². The Morgan fingerprint density at radius 2 is 1.84 bits per heavy atom. The fraction of sp³-hybridized carbons (Fsp3) is 0.526. The minimum Gasteiger partial charge on any atom is -0.469 e. The molecule has 0 spiro atoms. The molecule has 1 fully saturated rings. The third-order valence-corrected chi connectivity index (χ3v) is 5.34. The van der Waals surface area contributed by atoms with Gasteiger partial charge in [-0.1, -0.05) is 12.1 Å². The Kier molecular flexibility index (Phi) is 5.06. The molecule has 0 bridgehead atoms. The van der Waals surface area contributed by atoms with Gasteiger partial charge in [0.15, 0.2) is 0 Å². The highest BCUT2D eigenvalue weighted by Crippen LogP contribution is 2.31. The summed E-state index contributed by atoms with van der Waals surface area (Å²) < 4.78 is 4.82. The fourth-order valence-electron chi connectivity index (χ4n) is 3.80. The summed E-state index contributed by atoms with van der Waals surface area (Å²) in [6.45, 7) is 0.654. The fourth-order valence-corrected chi connectivity index (χ4v) is 3.80. The van der Waals surface area contributed by atoms with Crippen LogP contribution in [0.15, 0.2) is 24.3 Å². The summed E-state index contributed by atoms with van der Waals surface area (Å²) in [5.41, 5.74) is 1.23. The first kappa shape index (κ1) is 17.5. The van der Waals surface area contributed by atoms with Crippen LogP contribution < -0.4 is 4.90 Å². The van der Waals surface area contributed by atoms with Crippen LogP contribution in [0.5, 0.6) is 0 Å². The number of rotatable bonds is 3. The van der Waals surface area contributed by atoms with Crippen LogP contribution in [0.25, 0.3) is 0 Å². The lowest BCUT2D eigenvalue weighted by Crippen LogP contribution is -2.41. The molecule has 1 saturated carbocycles. The summed E-state index contributed by atoms with van der Waals surface area (Å²) >= 11 is 0. The average molecular weight is 344 g/mol. The summed E-state index contributed by atoms with van der Waals surface area (Å²) in [5.74, 6) is -0.0391. The Bertz CT molecular complexity index is 680. The van der Waals surface area contributed by atoms with E-state index in [0.717, 1.165) is 25.7 Å². The predicted molar refractivity (Wildman–Crippen MR) is 93.2 cm³/mol. The number of para-hydroxylation sites is 1. The van der Waals surface area contributed by atoms with Gasteiger partial charge in [-0.2, -0.15) is 0 Å². The number of amides is 2. The topological polar surface area (TPSA) is 66.9 Å². The van der Waals surface area contributed by atoms with Crippen molar-refractivity contribution in [1.29, 1.82) is 0 Å². The second kappa shape index (κ2) is 7.25. The average Bonchev–Trinajstić information content (AvgIpc) is 2.73. The summed E-state index contributed by atoms with van der Waals surface area (Å²) in [5, 5.41) is 0. The highest BCUT2D eigenvalue weighted by molar-refractivity contribution is 6.09. The third-order valence-electron chi connectivity index (χ3n) is 5.34. The molecule has 0 N–H and O–H groups in total. The van der Waals surface area contributed by atoms with E-state index in [1.54, 1.807) is 29.0 Å². The van der Waals surface area contributed by atoms with Crippen molar-refractivity contribution in [3.8, 4) is 0 Å². The number of esters is 1. The lowest BCUT2D eigenvalue weighted by Gasteiger charge is -2.31. The molecule has 1 heterocycles. The van der Waals surface area contributed by atoms with Crippen molar-refractivity contribution in [3.05, 3.63) is 29.8 Å². The SMILES string of the molecule is COC(=O)C1CCC(CN2CC(=O)N(C)c3ccccc3C2=O)CC1. The molecular formula is C19H24N2O4. The number of carbonyl (C=O) groups excluding carboxylic acids is 3. The quantitative estimate of drug-likeness (QED) is 0.788. The van der Waals surface area contributed by atoms with E-state index in [9.17, 15) is 14.4 Å². The molecule has 0 radical (unpaired) electrons. The molecule has 1 aliphatic carbocycles. The van der Waals surface area contributed by atoms with E-state index in [1.807, 2.05) is 12.1 Å². The number of fused-ring (bicyclic) bond motifs is 1. The monoisotopic (exact) mass is 344 g/mol. The summed E-state index contributed by atoms with van der Waals surface area (Å²) in [4.78, 5) is 40.2. The maximum atomic E-state index is 12.9. The highest BCUT2D eigenvalue weighted by atomic mass is 16.5. The Morgan fingerprint density at radius 3 is 2.52 bits per heavy atom. The number of hydrogen-bond acceptors (Lipinski definition) is 4. The third kappa shape index (κ3) is 3.52. The smallest absolute Gasteiger partial charge is 0.308 e. The van der Waals surface area contributed by atoms with Crippen LogP contribution in [0, 0.1) is 11.8 Å². The predicted octanol–water partition coefficient (Wildman–Crippen LogP) is 2.08. The van der Waals surface area contributed by atoms with Crippen LogP contribution in [0.3, 0.4) is 0 Å². The Balaban J connectivity index is 1.70.